The van der Waals surface area contributed by atoms with Crippen molar-refractivity contribution in [1.82, 2.24) is 0 Å². The summed E-state index contributed by atoms with van der Waals surface area (Å²) >= 11 is 5.87. The molecule has 0 aliphatic rings. The normalized spacial score (nSPS) is 12.4. The van der Waals surface area contributed by atoms with Crippen molar-refractivity contribution in [3.63, 3.8) is 0 Å². The van der Waals surface area contributed by atoms with E-state index in [9.17, 15) is 5.11 Å². The molecule has 2 nitrogen and oxygen atoms in total. The van der Waals surface area contributed by atoms with Crippen LogP contribution in [0.4, 0.5) is 0 Å². The van der Waals surface area contributed by atoms with Crippen molar-refractivity contribution in [2.45, 2.75) is 32.5 Å². The lowest BCUT2D eigenvalue weighted by Crippen LogP contribution is -2.10. The number of benzene rings is 2. The van der Waals surface area contributed by atoms with E-state index in [-0.39, 0.29) is 6.10 Å². The van der Waals surface area contributed by atoms with Crippen LogP contribution in [-0.4, -0.2) is 11.2 Å². The van der Waals surface area contributed by atoms with Crippen LogP contribution in [0.2, 0.25) is 5.02 Å². The van der Waals surface area contributed by atoms with E-state index in [0.29, 0.717) is 11.4 Å². The lowest BCUT2D eigenvalue weighted by atomic mass is 10.0. The molecule has 20 heavy (non-hydrogen) atoms. The fraction of sp³-hybridized carbons (Fsp3) is 0.294. The van der Waals surface area contributed by atoms with E-state index in [1.54, 1.807) is 0 Å². The highest BCUT2D eigenvalue weighted by atomic mass is 35.5. The molecule has 0 radical (unpaired) electrons. The zero-order valence-electron chi connectivity index (χ0n) is 11.7. The van der Waals surface area contributed by atoms with Gasteiger partial charge in [0.1, 0.15) is 5.75 Å². The van der Waals surface area contributed by atoms with Gasteiger partial charge >= 0.3 is 0 Å². The van der Waals surface area contributed by atoms with Gasteiger partial charge in [-0.05, 0) is 37.6 Å². The van der Waals surface area contributed by atoms with Crippen molar-refractivity contribution in [3.05, 3.63) is 64.7 Å². The molecular weight excluding hydrogens is 272 g/mol. The first-order valence-corrected chi connectivity index (χ1v) is 7.12. The van der Waals surface area contributed by atoms with Crippen LogP contribution >= 0.6 is 11.6 Å². The third-order valence-electron chi connectivity index (χ3n) is 2.98. The van der Waals surface area contributed by atoms with Gasteiger partial charge in [0.25, 0.3) is 0 Å². The van der Waals surface area contributed by atoms with E-state index in [4.69, 9.17) is 16.3 Å². The van der Waals surface area contributed by atoms with Crippen molar-refractivity contribution < 1.29 is 9.84 Å². The van der Waals surface area contributed by atoms with Gasteiger partial charge in [0.2, 0.25) is 0 Å². The Kier molecular flexibility index (Phi) is 5.05. The molecule has 0 saturated heterocycles. The maximum absolute atomic E-state index is 10.4. The highest BCUT2D eigenvalue weighted by Crippen LogP contribution is 2.28. The molecule has 0 heterocycles. The van der Waals surface area contributed by atoms with Crippen LogP contribution in [0.25, 0.3) is 0 Å². The Bertz CT molecular complexity index is 549. The summed E-state index contributed by atoms with van der Waals surface area (Å²) in [5, 5.41) is 11.1. The third-order valence-corrected chi connectivity index (χ3v) is 3.23. The Hall–Kier alpha value is -1.51. The third kappa shape index (κ3) is 3.99. The number of aliphatic hydroxyl groups is 1. The summed E-state index contributed by atoms with van der Waals surface area (Å²) in [6.45, 7) is 3.95. The fourth-order valence-corrected chi connectivity index (χ4v) is 2.20. The molecule has 0 aromatic heterocycles. The largest absolute Gasteiger partial charge is 0.491 e. The van der Waals surface area contributed by atoms with Gasteiger partial charge in [0.05, 0.1) is 12.2 Å². The smallest absolute Gasteiger partial charge is 0.125 e. The molecule has 0 fully saturated rings. The first kappa shape index (κ1) is 14.9. The second-order valence-electron chi connectivity index (χ2n) is 5.05. The predicted molar refractivity (Wildman–Crippen MR) is 82.3 cm³/mol. The lowest BCUT2D eigenvalue weighted by Gasteiger charge is -2.18. The zero-order valence-corrected chi connectivity index (χ0v) is 12.5. The fourth-order valence-electron chi connectivity index (χ4n) is 2.07. The van der Waals surface area contributed by atoms with Crippen molar-refractivity contribution in [3.8, 4) is 5.75 Å². The molecule has 1 N–H and O–H groups in total. The standard InChI is InChI=1S/C17H19ClO2/c1-12(2)20-17-6-4-3-5-15(17)16(19)11-13-7-9-14(18)10-8-13/h3-10,12,16,19H,11H2,1-2H3. The molecule has 2 aromatic carbocycles. The van der Waals surface area contributed by atoms with Crippen LogP contribution in [0.5, 0.6) is 5.75 Å². The molecule has 2 aromatic rings. The van der Waals surface area contributed by atoms with Crippen LogP contribution in [0.1, 0.15) is 31.1 Å². The van der Waals surface area contributed by atoms with Gasteiger partial charge in [0, 0.05) is 17.0 Å². The van der Waals surface area contributed by atoms with Crippen LogP contribution in [-0.2, 0) is 6.42 Å². The first-order chi connectivity index (χ1) is 9.56. The molecule has 0 aliphatic heterocycles. The molecule has 3 heteroatoms. The number of para-hydroxylation sites is 1. The summed E-state index contributed by atoms with van der Waals surface area (Å²) in [6, 6.07) is 15.1. The number of aliphatic hydroxyl groups excluding tert-OH is 1. The number of rotatable bonds is 5. The number of hydrogen-bond acceptors (Lipinski definition) is 2. The molecule has 0 saturated carbocycles. The van der Waals surface area contributed by atoms with Crippen molar-refractivity contribution in [2.75, 3.05) is 0 Å². The Labute approximate surface area is 125 Å². The topological polar surface area (TPSA) is 29.5 Å². The van der Waals surface area contributed by atoms with Gasteiger partial charge in [0.15, 0.2) is 0 Å². The molecule has 0 aliphatic carbocycles. The van der Waals surface area contributed by atoms with E-state index in [2.05, 4.69) is 0 Å². The maximum Gasteiger partial charge on any atom is 0.125 e. The summed E-state index contributed by atoms with van der Waals surface area (Å²) in [7, 11) is 0. The summed E-state index contributed by atoms with van der Waals surface area (Å²) in [5.74, 6) is 0.740. The van der Waals surface area contributed by atoms with E-state index >= 15 is 0 Å². The Morgan fingerprint density at radius 1 is 1.05 bits per heavy atom. The molecule has 1 unspecified atom stereocenters. The Morgan fingerprint density at radius 2 is 1.70 bits per heavy atom. The molecule has 0 bridgehead atoms. The molecule has 0 amide bonds. The van der Waals surface area contributed by atoms with E-state index < -0.39 is 6.10 Å². The maximum atomic E-state index is 10.4. The molecule has 1 atom stereocenters. The van der Waals surface area contributed by atoms with Crippen LogP contribution in [0.15, 0.2) is 48.5 Å². The number of hydrogen-bond donors (Lipinski definition) is 1. The van der Waals surface area contributed by atoms with Gasteiger partial charge in [-0.25, -0.2) is 0 Å². The minimum atomic E-state index is -0.592. The SMILES string of the molecule is CC(C)Oc1ccccc1C(O)Cc1ccc(Cl)cc1. The molecule has 2 rings (SSSR count). The van der Waals surface area contributed by atoms with Crippen molar-refractivity contribution in [1.29, 1.82) is 0 Å². The lowest BCUT2D eigenvalue weighted by molar-refractivity contribution is 0.166. The van der Waals surface area contributed by atoms with Gasteiger partial charge in [-0.1, -0.05) is 41.9 Å². The molecular formula is C17H19ClO2. The van der Waals surface area contributed by atoms with Crippen molar-refractivity contribution >= 4 is 11.6 Å². The zero-order chi connectivity index (χ0) is 14.5. The first-order valence-electron chi connectivity index (χ1n) is 6.74. The number of halogens is 1. The summed E-state index contributed by atoms with van der Waals surface area (Å²) in [5.41, 5.74) is 1.86. The van der Waals surface area contributed by atoms with Crippen LogP contribution < -0.4 is 4.74 Å². The minimum Gasteiger partial charge on any atom is -0.491 e. The average molecular weight is 291 g/mol. The summed E-state index contributed by atoms with van der Waals surface area (Å²) < 4.78 is 5.74. The molecule has 0 spiro atoms. The van der Waals surface area contributed by atoms with Crippen LogP contribution in [0.3, 0.4) is 0 Å². The van der Waals surface area contributed by atoms with Gasteiger partial charge in [-0.2, -0.15) is 0 Å². The van der Waals surface area contributed by atoms with Gasteiger partial charge in [-0.15, -0.1) is 0 Å². The quantitative estimate of drug-likeness (QED) is 0.884. The van der Waals surface area contributed by atoms with E-state index in [0.717, 1.165) is 16.9 Å². The van der Waals surface area contributed by atoms with E-state index in [1.165, 1.54) is 0 Å². The summed E-state index contributed by atoms with van der Waals surface area (Å²) in [6.07, 6.45) is 0.0281. The van der Waals surface area contributed by atoms with Crippen LogP contribution in [0, 0.1) is 0 Å². The van der Waals surface area contributed by atoms with Gasteiger partial charge < -0.3 is 9.84 Å². The highest BCUT2D eigenvalue weighted by molar-refractivity contribution is 6.30. The van der Waals surface area contributed by atoms with Gasteiger partial charge in [-0.3, -0.25) is 0 Å². The summed E-state index contributed by atoms with van der Waals surface area (Å²) in [4.78, 5) is 0. The highest BCUT2D eigenvalue weighted by Gasteiger charge is 2.14. The number of ether oxygens (including phenoxy) is 1. The van der Waals surface area contributed by atoms with E-state index in [1.807, 2.05) is 62.4 Å². The minimum absolute atomic E-state index is 0.0823. The molecule has 106 valence electrons. The van der Waals surface area contributed by atoms with Crippen molar-refractivity contribution in [2.24, 2.45) is 0 Å². The second-order valence-corrected chi connectivity index (χ2v) is 5.49. The monoisotopic (exact) mass is 290 g/mol. The predicted octanol–water partition coefficient (Wildman–Crippen LogP) is 4.40. The second kappa shape index (κ2) is 6.78. The Balaban J connectivity index is 2.16. The Morgan fingerprint density at radius 3 is 2.35 bits per heavy atom. The average Bonchev–Trinajstić information content (AvgIpc) is 2.41.